The molecule has 6 heteroatoms. The van der Waals surface area contributed by atoms with Gasteiger partial charge in [0.25, 0.3) is 5.91 Å². The predicted octanol–water partition coefficient (Wildman–Crippen LogP) is 5.35. The number of nitrogens with zero attached hydrogens (tertiary/aromatic N) is 1. The molecular weight excluding hydrogens is 420 g/mol. The van der Waals surface area contributed by atoms with Crippen LogP contribution in [-0.4, -0.2) is 31.7 Å². The normalized spacial score (nSPS) is 16.9. The summed E-state index contributed by atoms with van der Waals surface area (Å²) >= 11 is 0. The zero-order chi connectivity index (χ0) is 23.5. The Morgan fingerprint density at radius 2 is 1.56 bits per heavy atom. The maximum atomic E-state index is 13.3. The number of rotatable bonds is 5. The molecule has 1 aliphatic heterocycles. The van der Waals surface area contributed by atoms with Crippen LogP contribution in [0.15, 0.2) is 47.4 Å². The molecule has 0 radical (unpaired) electrons. The van der Waals surface area contributed by atoms with Crippen LogP contribution >= 0.6 is 0 Å². The number of nitrogens with one attached hydrogen (secondary N) is 1. The van der Waals surface area contributed by atoms with Gasteiger partial charge in [-0.2, -0.15) is 4.31 Å². The zero-order valence-corrected chi connectivity index (χ0v) is 20.8. The Morgan fingerprint density at radius 3 is 2.12 bits per heavy atom. The van der Waals surface area contributed by atoms with E-state index in [2.05, 4.69) is 38.2 Å². The SMILES string of the molecule is Cc1ccc(C(=O)NC(C)c2ccc(C(C)(C)C)cc2)cc1S(=O)(=O)N1CCCCCC1. The molecule has 5 nitrogen and oxygen atoms in total. The van der Waals surface area contributed by atoms with Crippen molar-refractivity contribution >= 4 is 15.9 Å². The van der Waals surface area contributed by atoms with Crippen LogP contribution < -0.4 is 5.32 Å². The molecule has 1 N–H and O–H groups in total. The van der Waals surface area contributed by atoms with Gasteiger partial charge in [0.05, 0.1) is 10.9 Å². The first-order valence-corrected chi connectivity index (χ1v) is 13.0. The van der Waals surface area contributed by atoms with Crippen molar-refractivity contribution in [2.75, 3.05) is 13.1 Å². The summed E-state index contributed by atoms with van der Waals surface area (Å²) in [6.07, 6.45) is 3.87. The van der Waals surface area contributed by atoms with Crippen molar-refractivity contribution < 1.29 is 13.2 Å². The van der Waals surface area contributed by atoms with Crippen molar-refractivity contribution in [2.24, 2.45) is 0 Å². The average Bonchev–Trinajstić information content (AvgIpc) is 3.03. The number of hydrogen-bond donors (Lipinski definition) is 1. The highest BCUT2D eigenvalue weighted by atomic mass is 32.2. The van der Waals surface area contributed by atoms with Crippen LogP contribution in [0.4, 0.5) is 0 Å². The summed E-state index contributed by atoms with van der Waals surface area (Å²) in [6.45, 7) is 11.3. The topological polar surface area (TPSA) is 66.5 Å². The van der Waals surface area contributed by atoms with Gasteiger partial charge in [-0.1, -0.05) is 63.9 Å². The molecule has 2 aromatic rings. The molecule has 1 fully saturated rings. The van der Waals surface area contributed by atoms with Crippen molar-refractivity contribution in [3.63, 3.8) is 0 Å². The molecule has 174 valence electrons. The minimum absolute atomic E-state index is 0.0716. The van der Waals surface area contributed by atoms with Crippen molar-refractivity contribution in [1.82, 2.24) is 9.62 Å². The monoisotopic (exact) mass is 456 g/mol. The van der Waals surface area contributed by atoms with Crippen LogP contribution in [0.5, 0.6) is 0 Å². The third-order valence-electron chi connectivity index (χ3n) is 6.26. The predicted molar refractivity (Wildman–Crippen MR) is 129 cm³/mol. The van der Waals surface area contributed by atoms with E-state index < -0.39 is 10.0 Å². The standard InChI is InChI=1S/C26H36N2O3S/c1-19-10-11-22(18-24(19)32(30,31)28-16-8-6-7-9-17-28)25(29)27-20(2)21-12-14-23(15-13-21)26(3,4)5/h10-15,18,20H,6-9,16-17H2,1-5H3,(H,27,29). The summed E-state index contributed by atoms with van der Waals surface area (Å²) in [7, 11) is -3.62. The maximum Gasteiger partial charge on any atom is 0.251 e. The molecule has 0 aromatic heterocycles. The number of carbonyl (C=O) groups is 1. The first-order valence-electron chi connectivity index (χ1n) is 11.5. The smallest absolute Gasteiger partial charge is 0.251 e. The van der Waals surface area contributed by atoms with Crippen LogP contribution in [0, 0.1) is 6.92 Å². The summed E-state index contributed by atoms with van der Waals surface area (Å²) in [5.41, 5.74) is 3.35. The fourth-order valence-electron chi connectivity index (χ4n) is 4.08. The molecule has 1 saturated heterocycles. The summed E-state index contributed by atoms with van der Waals surface area (Å²) in [5.74, 6) is -0.273. The average molecular weight is 457 g/mol. The van der Waals surface area contributed by atoms with E-state index in [9.17, 15) is 13.2 Å². The molecule has 1 heterocycles. The Labute approximate surface area is 193 Å². The number of amides is 1. The van der Waals surface area contributed by atoms with Gasteiger partial charge < -0.3 is 5.32 Å². The maximum absolute atomic E-state index is 13.3. The minimum atomic E-state index is -3.62. The van der Waals surface area contributed by atoms with Gasteiger partial charge in [-0.15, -0.1) is 0 Å². The van der Waals surface area contributed by atoms with Gasteiger partial charge in [0, 0.05) is 18.7 Å². The molecular formula is C26H36N2O3S. The fraction of sp³-hybridized carbons (Fsp3) is 0.500. The van der Waals surface area contributed by atoms with E-state index in [0.717, 1.165) is 31.2 Å². The number of benzene rings is 2. The van der Waals surface area contributed by atoms with Gasteiger partial charge >= 0.3 is 0 Å². The second kappa shape index (κ2) is 9.75. The van der Waals surface area contributed by atoms with E-state index in [1.54, 1.807) is 23.4 Å². The first-order chi connectivity index (χ1) is 15.0. The summed E-state index contributed by atoms with van der Waals surface area (Å²) in [5, 5.41) is 3.01. The third-order valence-corrected chi connectivity index (χ3v) is 8.30. The Balaban J connectivity index is 1.79. The second-order valence-corrected chi connectivity index (χ2v) is 11.8. The Morgan fingerprint density at radius 1 is 0.969 bits per heavy atom. The van der Waals surface area contributed by atoms with Gasteiger partial charge in [0.1, 0.15) is 0 Å². The lowest BCUT2D eigenvalue weighted by molar-refractivity contribution is 0.0939. The van der Waals surface area contributed by atoms with E-state index in [4.69, 9.17) is 0 Å². The van der Waals surface area contributed by atoms with Gasteiger partial charge in [-0.05, 0) is 60.9 Å². The van der Waals surface area contributed by atoms with Crippen LogP contribution in [-0.2, 0) is 15.4 Å². The Kier molecular flexibility index (Phi) is 7.46. The minimum Gasteiger partial charge on any atom is -0.346 e. The van der Waals surface area contributed by atoms with Gasteiger partial charge in [0.2, 0.25) is 10.0 Å². The zero-order valence-electron chi connectivity index (χ0n) is 19.9. The van der Waals surface area contributed by atoms with Crippen LogP contribution in [0.3, 0.4) is 0 Å². The Bertz CT molecular complexity index is 1050. The number of sulfonamides is 1. The van der Waals surface area contributed by atoms with Crippen molar-refractivity contribution in [1.29, 1.82) is 0 Å². The van der Waals surface area contributed by atoms with Crippen LogP contribution in [0.1, 0.15) is 86.5 Å². The fourth-order valence-corrected chi connectivity index (χ4v) is 5.84. The van der Waals surface area contributed by atoms with Gasteiger partial charge in [0.15, 0.2) is 0 Å². The number of carbonyl (C=O) groups excluding carboxylic acids is 1. The lowest BCUT2D eigenvalue weighted by Crippen LogP contribution is -2.33. The van der Waals surface area contributed by atoms with E-state index in [1.165, 1.54) is 11.6 Å². The van der Waals surface area contributed by atoms with E-state index in [0.29, 0.717) is 24.2 Å². The van der Waals surface area contributed by atoms with Gasteiger partial charge in [-0.3, -0.25) is 4.79 Å². The number of hydrogen-bond acceptors (Lipinski definition) is 3. The molecule has 1 amide bonds. The molecule has 0 aliphatic carbocycles. The molecule has 32 heavy (non-hydrogen) atoms. The second-order valence-electron chi connectivity index (χ2n) is 9.87. The van der Waals surface area contributed by atoms with Gasteiger partial charge in [-0.25, -0.2) is 8.42 Å². The third kappa shape index (κ3) is 5.59. The summed E-state index contributed by atoms with van der Waals surface area (Å²) < 4.78 is 28.1. The van der Waals surface area contributed by atoms with Crippen molar-refractivity contribution in [3.8, 4) is 0 Å². The van der Waals surface area contributed by atoms with E-state index >= 15 is 0 Å². The van der Waals surface area contributed by atoms with Crippen molar-refractivity contribution in [2.45, 2.75) is 76.7 Å². The largest absolute Gasteiger partial charge is 0.346 e. The Hall–Kier alpha value is -2.18. The lowest BCUT2D eigenvalue weighted by Gasteiger charge is -2.22. The summed E-state index contributed by atoms with van der Waals surface area (Å²) in [6, 6.07) is 13.0. The molecule has 0 bridgehead atoms. The molecule has 1 atom stereocenters. The van der Waals surface area contributed by atoms with Crippen LogP contribution in [0.25, 0.3) is 0 Å². The van der Waals surface area contributed by atoms with Crippen LogP contribution in [0.2, 0.25) is 0 Å². The lowest BCUT2D eigenvalue weighted by atomic mass is 9.86. The summed E-state index contributed by atoms with van der Waals surface area (Å²) in [4.78, 5) is 13.2. The number of aryl methyl sites for hydroxylation is 1. The molecule has 0 spiro atoms. The molecule has 1 unspecified atom stereocenters. The van der Waals surface area contributed by atoms with E-state index in [-0.39, 0.29) is 22.3 Å². The highest BCUT2D eigenvalue weighted by Crippen LogP contribution is 2.26. The molecule has 1 aliphatic rings. The molecule has 0 saturated carbocycles. The molecule has 2 aromatic carbocycles. The van der Waals surface area contributed by atoms with Crippen molar-refractivity contribution in [3.05, 3.63) is 64.7 Å². The quantitative estimate of drug-likeness (QED) is 0.660. The van der Waals surface area contributed by atoms with E-state index in [1.807, 2.05) is 19.1 Å². The first kappa shape index (κ1) is 24.5. The molecule has 3 rings (SSSR count). The highest BCUT2D eigenvalue weighted by Gasteiger charge is 2.27. The highest BCUT2D eigenvalue weighted by molar-refractivity contribution is 7.89.